The lowest BCUT2D eigenvalue weighted by Crippen LogP contribution is -2.11. The van der Waals surface area contributed by atoms with Crippen LogP contribution in [0.25, 0.3) is 0 Å². The van der Waals surface area contributed by atoms with Gasteiger partial charge in [0, 0.05) is 11.2 Å². The molecule has 2 rings (SSSR count). The number of aromatic nitrogens is 3. The highest BCUT2D eigenvalue weighted by Gasteiger charge is 2.11. The molecule has 4 nitrogen and oxygen atoms in total. The quantitative estimate of drug-likeness (QED) is 0.812. The summed E-state index contributed by atoms with van der Waals surface area (Å²) in [5, 5.41) is 13.6. The summed E-state index contributed by atoms with van der Waals surface area (Å²) in [7, 11) is 0. The largest absolute Gasteiger partial charge is 0.252 e. The van der Waals surface area contributed by atoms with Crippen LogP contribution in [0.3, 0.4) is 0 Å². The van der Waals surface area contributed by atoms with Crippen molar-refractivity contribution in [3.05, 3.63) is 48.0 Å². The van der Waals surface area contributed by atoms with Crippen molar-refractivity contribution >= 4 is 15.9 Å². The molecule has 0 aliphatic carbocycles. The highest BCUT2D eigenvalue weighted by atomic mass is 79.9. The minimum atomic E-state index is 0.214. The minimum absolute atomic E-state index is 0.214. The van der Waals surface area contributed by atoms with E-state index >= 15 is 0 Å². The van der Waals surface area contributed by atoms with E-state index in [1.807, 2.05) is 24.3 Å². The molecule has 0 amide bonds. The molecule has 5 heteroatoms. The highest BCUT2D eigenvalue weighted by molar-refractivity contribution is 9.09. The van der Waals surface area contributed by atoms with Crippen molar-refractivity contribution in [1.82, 2.24) is 14.8 Å². The number of nitriles is 1. The van der Waals surface area contributed by atoms with Gasteiger partial charge in [-0.2, -0.15) is 5.26 Å². The summed E-state index contributed by atoms with van der Waals surface area (Å²) in [6.45, 7) is 0.712. The van der Waals surface area contributed by atoms with Gasteiger partial charge in [-0.15, -0.1) is 5.10 Å². The van der Waals surface area contributed by atoms with Gasteiger partial charge in [0.25, 0.3) is 5.82 Å². The van der Waals surface area contributed by atoms with E-state index in [-0.39, 0.29) is 5.82 Å². The van der Waals surface area contributed by atoms with Gasteiger partial charge in [-0.3, -0.25) is 4.68 Å². The van der Waals surface area contributed by atoms with Crippen molar-refractivity contribution in [1.29, 1.82) is 5.26 Å². The van der Waals surface area contributed by atoms with Crippen molar-refractivity contribution in [3.63, 3.8) is 0 Å². The van der Waals surface area contributed by atoms with Crippen LogP contribution in [0.4, 0.5) is 0 Å². The number of benzene rings is 1. The Balaban J connectivity index is 2.13. The Kier molecular flexibility index (Phi) is 3.89. The zero-order chi connectivity index (χ0) is 12.1. The maximum atomic E-state index is 8.66. The van der Waals surface area contributed by atoms with Gasteiger partial charge < -0.3 is 0 Å². The summed E-state index contributed by atoms with van der Waals surface area (Å²) < 4.78 is 1.71. The van der Waals surface area contributed by atoms with Crippen molar-refractivity contribution in [2.45, 2.75) is 12.5 Å². The smallest absolute Gasteiger partial charge is 0.251 e. The lowest BCUT2D eigenvalue weighted by Gasteiger charge is -2.13. The Morgan fingerprint density at radius 3 is 2.71 bits per heavy atom. The van der Waals surface area contributed by atoms with Crippen LogP contribution in [0.15, 0.2) is 36.7 Å². The van der Waals surface area contributed by atoms with E-state index < -0.39 is 0 Å². The monoisotopic (exact) mass is 290 g/mol. The van der Waals surface area contributed by atoms with Crippen molar-refractivity contribution in [2.24, 2.45) is 0 Å². The van der Waals surface area contributed by atoms with Crippen LogP contribution in [-0.4, -0.2) is 20.1 Å². The van der Waals surface area contributed by atoms with Crippen LogP contribution in [-0.2, 0) is 6.54 Å². The molecule has 17 heavy (non-hydrogen) atoms. The van der Waals surface area contributed by atoms with Crippen LogP contribution >= 0.6 is 15.9 Å². The van der Waals surface area contributed by atoms with E-state index in [1.54, 1.807) is 11.0 Å². The van der Waals surface area contributed by atoms with Gasteiger partial charge in [-0.05, 0) is 5.56 Å². The summed E-state index contributed by atoms with van der Waals surface area (Å²) in [4.78, 5) is 3.89. The van der Waals surface area contributed by atoms with Gasteiger partial charge in [0.05, 0.1) is 6.54 Å². The van der Waals surface area contributed by atoms with Gasteiger partial charge in [-0.1, -0.05) is 46.3 Å². The van der Waals surface area contributed by atoms with E-state index in [9.17, 15) is 0 Å². The van der Waals surface area contributed by atoms with Crippen molar-refractivity contribution in [3.8, 4) is 6.07 Å². The Morgan fingerprint density at radius 1 is 1.35 bits per heavy atom. The number of hydrogen-bond acceptors (Lipinski definition) is 3. The average molecular weight is 291 g/mol. The van der Waals surface area contributed by atoms with E-state index in [0.717, 1.165) is 5.33 Å². The normalized spacial score (nSPS) is 12.0. The molecular weight excluding hydrogens is 280 g/mol. The van der Waals surface area contributed by atoms with Crippen molar-refractivity contribution in [2.75, 3.05) is 5.33 Å². The molecule has 0 spiro atoms. The first-order chi connectivity index (χ1) is 8.33. The van der Waals surface area contributed by atoms with E-state index in [2.05, 4.69) is 38.1 Å². The van der Waals surface area contributed by atoms with Gasteiger partial charge >= 0.3 is 0 Å². The molecule has 1 aromatic heterocycles. The van der Waals surface area contributed by atoms with Crippen LogP contribution in [0, 0.1) is 11.3 Å². The first-order valence-electron chi connectivity index (χ1n) is 5.24. The van der Waals surface area contributed by atoms with Gasteiger partial charge in [-0.25, -0.2) is 4.98 Å². The summed E-state index contributed by atoms with van der Waals surface area (Å²) in [5.74, 6) is 0.538. The molecule has 0 N–H and O–H groups in total. The third-order valence-corrected chi connectivity index (χ3v) is 3.28. The molecule has 0 saturated heterocycles. The second kappa shape index (κ2) is 5.60. The molecule has 0 fully saturated rings. The van der Waals surface area contributed by atoms with E-state index in [0.29, 0.717) is 12.5 Å². The number of rotatable bonds is 4. The molecule has 1 unspecified atom stereocenters. The average Bonchev–Trinajstić information content (AvgIpc) is 2.84. The lowest BCUT2D eigenvalue weighted by atomic mass is 10.0. The number of nitrogens with zero attached hydrogens (tertiary/aromatic N) is 4. The van der Waals surface area contributed by atoms with Crippen LogP contribution in [0.5, 0.6) is 0 Å². The predicted molar refractivity (Wildman–Crippen MR) is 67.7 cm³/mol. The zero-order valence-corrected chi connectivity index (χ0v) is 10.7. The molecule has 1 aromatic carbocycles. The van der Waals surface area contributed by atoms with Crippen LogP contribution in [0.2, 0.25) is 0 Å². The fraction of sp³-hybridized carbons (Fsp3) is 0.250. The van der Waals surface area contributed by atoms with Gasteiger partial charge in [0.2, 0.25) is 0 Å². The molecule has 2 aromatic rings. The fourth-order valence-electron chi connectivity index (χ4n) is 1.63. The fourth-order valence-corrected chi connectivity index (χ4v) is 2.21. The summed E-state index contributed by atoms with van der Waals surface area (Å²) in [6.07, 6.45) is 1.59. The second-order valence-electron chi connectivity index (χ2n) is 3.66. The first kappa shape index (κ1) is 11.8. The molecule has 0 radical (unpaired) electrons. The summed E-state index contributed by atoms with van der Waals surface area (Å²) in [5.41, 5.74) is 1.25. The number of alkyl halides is 1. The number of halogens is 1. The zero-order valence-electron chi connectivity index (χ0n) is 9.12. The Morgan fingerprint density at radius 2 is 2.12 bits per heavy atom. The molecular formula is C12H11BrN4. The Labute approximate surface area is 108 Å². The van der Waals surface area contributed by atoms with Gasteiger partial charge in [0.15, 0.2) is 0 Å². The van der Waals surface area contributed by atoms with Crippen LogP contribution < -0.4 is 0 Å². The molecule has 0 bridgehead atoms. The van der Waals surface area contributed by atoms with Crippen LogP contribution in [0.1, 0.15) is 17.3 Å². The Bertz CT molecular complexity index is 515. The third kappa shape index (κ3) is 2.92. The predicted octanol–water partition coefficient (Wildman–Crippen LogP) is 2.33. The number of hydrogen-bond donors (Lipinski definition) is 0. The SMILES string of the molecule is N#Cc1ncn(CC(CBr)c2ccccc2)n1. The highest BCUT2D eigenvalue weighted by Crippen LogP contribution is 2.19. The molecule has 0 saturated carbocycles. The molecule has 0 aliphatic rings. The minimum Gasteiger partial charge on any atom is -0.251 e. The standard InChI is InChI=1S/C12H11BrN4/c13-6-11(10-4-2-1-3-5-10)8-17-9-15-12(7-14)16-17/h1-5,9,11H,6,8H2. The topological polar surface area (TPSA) is 54.5 Å². The van der Waals surface area contributed by atoms with Crippen molar-refractivity contribution < 1.29 is 0 Å². The molecule has 86 valence electrons. The second-order valence-corrected chi connectivity index (χ2v) is 4.31. The maximum absolute atomic E-state index is 8.66. The summed E-state index contributed by atoms with van der Waals surface area (Å²) in [6, 6.07) is 12.1. The lowest BCUT2D eigenvalue weighted by molar-refractivity contribution is 0.547. The molecule has 1 atom stereocenters. The van der Waals surface area contributed by atoms with Gasteiger partial charge in [0.1, 0.15) is 12.4 Å². The summed E-state index contributed by atoms with van der Waals surface area (Å²) >= 11 is 3.51. The Hall–Kier alpha value is -1.67. The maximum Gasteiger partial charge on any atom is 0.252 e. The molecule has 1 heterocycles. The third-order valence-electron chi connectivity index (χ3n) is 2.50. The van der Waals surface area contributed by atoms with E-state index in [1.165, 1.54) is 5.56 Å². The molecule has 0 aliphatic heterocycles. The van der Waals surface area contributed by atoms with E-state index in [4.69, 9.17) is 5.26 Å². The first-order valence-corrected chi connectivity index (χ1v) is 6.36.